The monoisotopic (exact) mass is 261 g/mol. The van der Waals surface area contributed by atoms with E-state index in [1.54, 1.807) is 14.0 Å². The molecule has 1 aromatic rings. The molecule has 0 saturated carbocycles. The van der Waals surface area contributed by atoms with Gasteiger partial charge in [0.2, 0.25) is 0 Å². The topological polar surface area (TPSA) is 78.9 Å². The van der Waals surface area contributed by atoms with Gasteiger partial charge in [-0.1, -0.05) is 11.2 Å². The number of nitrogens with two attached hydrogens (primary N) is 1. The molecule has 0 radical (unpaired) electrons. The summed E-state index contributed by atoms with van der Waals surface area (Å²) >= 11 is 0. The molecule has 0 fully saturated rings. The van der Waals surface area contributed by atoms with Gasteiger partial charge in [0.25, 0.3) is 5.91 Å². The van der Waals surface area contributed by atoms with Crippen LogP contribution in [0, 0.1) is 0 Å². The summed E-state index contributed by atoms with van der Waals surface area (Å²) in [5, 5.41) is 11.6. The number of hydrogen-bond donors (Lipinski definition) is 2. The number of likely N-dealkylation sites (N-methyl/N-ethyl adjacent to an activating group) is 1. The first-order valence-corrected chi connectivity index (χ1v) is 6.41. The molecule has 1 aliphatic rings. The maximum Gasteiger partial charge on any atom is 0.254 e. The maximum atomic E-state index is 12.3. The first kappa shape index (κ1) is 13.4. The number of rotatable bonds is 3. The fraction of sp³-hybridized carbons (Fsp3) is 0.429. The van der Waals surface area contributed by atoms with Gasteiger partial charge in [-0.15, -0.1) is 0 Å². The van der Waals surface area contributed by atoms with Crippen LogP contribution in [-0.4, -0.2) is 34.9 Å². The second-order valence-corrected chi connectivity index (χ2v) is 4.95. The zero-order valence-corrected chi connectivity index (χ0v) is 11.3. The smallest absolute Gasteiger partial charge is 0.254 e. The Hall–Kier alpha value is -2.04. The van der Waals surface area contributed by atoms with E-state index in [-0.39, 0.29) is 11.7 Å². The summed E-state index contributed by atoms with van der Waals surface area (Å²) in [5.41, 5.74) is 8.78. The fourth-order valence-corrected chi connectivity index (χ4v) is 2.37. The highest BCUT2D eigenvalue weighted by atomic mass is 16.4. The minimum Gasteiger partial charge on any atom is -0.409 e. The molecule has 0 bridgehead atoms. The molecule has 102 valence electrons. The number of benzene rings is 1. The molecule has 2 rings (SSSR count). The largest absolute Gasteiger partial charge is 0.409 e. The lowest BCUT2D eigenvalue weighted by Gasteiger charge is -2.24. The maximum absolute atomic E-state index is 12.3. The summed E-state index contributed by atoms with van der Waals surface area (Å²) < 4.78 is 0. The minimum atomic E-state index is -0.439. The second kappa shape index (κ2) is 5.30. The summed E-state index contributed by atoms with van der Waals surface area (Å²) in [6.45, 7) is 1.72. The normalized spacial score (nSPS) is 16.0. The molecular formula is C14H19N3O2. The number of oxime groups is 1. The van der Waals surface area contributed by atoms with Crippen molar-refractivity contribution in [1.29, 1.82) is 0 Å². The molecule has 1 aromatic carbocycles. The quantitative estimate of drug-likeness (QED) is 0.373. The van der Waals surface area contributed by atoms with Crippen LogP contribution in [0.3, 0.4) is 0 Å². The van der Waals surface area contributed by atoms with Gasteiger partial charge in [-0.05, 0) is 49.4 Å². The van der Waals surface area contributed by atoms with Crippen LogP contribution in [0.1, 0.15) is 34.8 Å². The number of carbonyl (C=O) groups is 1. The summed E-state index contributed by atoms with van der Waals surface area (Å²) in [4.78, 5) is 13.8. The van der Waals surface area contributed by atoms with Crippen molar-refractivity contribution < 1.29 is 10.0 Å². The Morgan fingerprint density at radius 3 is 2.79 bits per heavy atom. The Balaban J connectivity index is 2.20. The molecule has 0 aliphatic heterocycles. The van der Waals surface area contributed by atoms with E-state index in [4.69, 9.17) is 10.9 Å². The molecule has 19 heavy (non-hydrogen) atoms. The number of aryl methyl sites for hydroxylation is 2. The van der Waals surface area contributed by atoms with Gasteiger partial charge in [-0.2, -0.15) is 0 Å². The van der Waals surface area contributed by atoms with Crippen LogP contribution >= 0.6 is 0 Å². The van der Waals surface area contributed by atoms with Crippen LogP contribution in [0.4, 0.5) is 0 Å². The predicted molar refractivity (Wildman–Crippen MR) is 73.4 cm³/mol. The fourth-order valence-electron chi connectivity index (χ4n) is 2.37. The molecule has 5 nitrogen and oxygen atoms in total. The number of carbonyl (C=O) groups excluding carboxylic acids is 1. The van der Waals surface area contributed by atoms with Crippen molar-refractivity contribution in [2.24, 2.45) is 10.9 Å². The summed E-state index contributed by atoms with van der Waals surface area (Å²) in [7, 11) is 1.65. The lowest BCUT2D eigenvalue weighted by Crippen LogP contribution is -2.43. The standard InChI is InChI=1S/C14H19N3O2/c1-9(13(15)16-19)17(2)14(18)12-7-6-10-4-3-5-11(10)8-12/h6-9,19H,3-5H2,1-2H3,(H2,15,16). The average molecular weight is 261 g/mol. The lowest BCUT2D eigenvalue weighted by atomic mass is 10.1. The molecule has 0 spiro atoms. The third-order valence-electron chi connectivity index (χ3n) is 3.79. The molecule has 1 unspecified atom stereocenters. The third-order valence-corrected chi connectivity index (χ3v) is 3.79. The Morgan fingerprint density at radius 1 is 1.42 bits per heavy atom. The van der Waals surface area contributed by atoms with Crippen molar-refractivity contribution in [2.75, 3.05) is 7.05 Å². The first-order chi connectivity index (χ1) is 9.04. The summed E-state index contributed by atoms with van der Waals surface area (Å²) in [6, 6.07) is 5.39. The van der Waals surface area contributed by atoms with Gasteiger partial charge in [-0.3, -0.25) is 4.79 Å². The molecule has 1 aliphatic carbocycles. The van der Waals surface area contributed by atoms with Gasteiger partial charge in [0, 0.05) is 12.6 Å². The number of nitrogens with zero attached hydrogens (tertiary/aromatic N) is 2. The predicted octanol–water partition coefficient (Wildman–Crippen LogP) is 1.38. The Labute approximate surface area is 112 Å². The summed E-state index contributed by atoms with van der Waals surface area (Å²) in [6.07, 6.45) is 3.29. The van der Waals surface area contributed by atoms with E-state index in [2.05, 4.69) is 5.16 Å². The third kappa shape index (κ3) is 2.54. The van der Waals surface area contributed by atoms with Crippen LogP contribution in [0.15, 0.2) is 23.4 Å². The van der Waals surface area contributed by atoms with Gasteiger partial charge in [-0.25, -0.2) is 0 Å². The molecule has 0 heterocycles. The average Bonchev–Trinajstić information content (AvgIpc) is 2.91. The van der Waals surface area contributed by atoms with Gasteiger partial charge < -0.3 is 15.8 Å². The molecule has 1 atom stereocenters. The second-order valence-electron chi connectivity index (χ2n) is 4.95. The SMILES string of the molecule is CC(C(N)=NO)N(C)C(=O)c1ccc2c(c1)CCC2. The molecule has 3 N–H and O–H groups in total. The molecule has 1 amide bonds. The van der Waals surface area contributed by atoms with Gasteiger partial charge >= 0.3 is 0 Å². The van der Waals surface area contributed by atoms with Gasteiger partial charge in [0.05, 0.1) is 6.04 Å². The highest BCUT2D eigenvalue weighted by Crippen LogP contribution is 2.23. The van der Waals surface area contributed by atoms with Gasteiger partial charge in [0.15, 0.2) is 5.84 Å². The van der Waals surface area contributed by atoms with E-state index in [1.807, 2.05) is 18.2 Å². The van der Waals surface area contributed by atoms with Crippen LogP contribution in [0.2, 0.25) is 0 Å². The van der Waals surface area contributed by atoms with Crippen LogP contribution in [0.25, 0.3) is 0 Å². The zero-order chi connectivity index (χ0) is 14.0. The number of amidine groups is 1. The molecule has 0 saturated heterocycles. The van der Waals surface area contributed by atoms with Gasteiger partial charge in [0.1, 0.15) is 0 Å². The van der Waals surface area contributed by atoms with Crippen LogP contribution in [-0.2, 0) is 12.8 Å². The Bertz CT molecular complexity index is 525. The van der Waals surface area contributed by atoms with Crippen molar-refractivity contribution in [2.45, 2.75) is 32.2 Å². The van der Waals surface area contributed by atoms with Crippen molar-refractivity contribution in [3.05, 3.63) is 34.9 Å². The lowest BCUT2D eigenvalue weighted by molar-refractivity contribution is 0.0776. The number of amides is 1. The van der Waals surface area contributed by atoms with Crippen molar-refractivity contribution in [3.63, 3.8) is 0 Å². The van der Waals surface area contributed by atoms with E-state index in [9.17, 15) is 4.79 Å². The van der Waals surface area contributed by atoms with E-state index < -0.39 is 6.04 Å². The summed E-state index contributed by atoms with van der Waals surface area (Å²) in [5.74, 6) is -0.0918. The molecule has 0 aromatic heterocycles. The number of hydrogen-bond acceptors (Lipinski definition) is 3. The van der Waals surface area contributed by atoms with Crippen LogP contribution < -0.4 is 5.73 Å². The van der Waals surface area contributed by atoms with Crippen molar-refractivity contribution in [3.8, 4) is 0 Å². The van der Waals surface area contributed by atoms with Crippen molar-refractivity contribution in [1.82, 2.24) is 4.90 Å². The Kier molecular flexibility index (Phi) is 3.74. The number of fused-ring (bicyclic) bond motifs is 1. The van der Waals surface area contributed by atoms with E-state index in [0.29, 0.717) is 5.56 Å². The Morgan fingerprint density at radius 2 is 2.11 bits per heavy atom. The molecule has 5 heteroatoms. The van der Waals surface area contributed by atoms with E-state index >= 15 is 0 Å². The minimum absolute atomic E-state index is 0.0250. The highest BCUT2D eigenvalue weighted by molar-refractivity contribution is 5.98. The van der Waals surface area contributed by atoms with E-state index in [0.717, 1.165) is 19.3 Å². The van der Waals surface area contributed by atoms with E-state index in [1.165, 1.54) is 16.0 Å². The van der Waals surface area contributed by atoms with Crippen molar-refractivity contribution >= 4 is 11.7 Å². The highest BCUT2D eigenvalue weighted by Gasteiger charge is 2.22. The first-order valence-electron chi connectivity index (χ1n) is 6.41. The molecular weight excluding hydrogens is 242 g/mol. The zero-order valence-electron chi connectivity index (χ0n) is 11.3. The van der Waals surface area contributed by atoms with Crippen LogP contribution in [0.5, 0.6) is 0 Å².